The highest BCUT2D eigenvalue weighted by Gasteiger charge is 2.57. The number of carbonyl (C=O) groups is 2. The second-order valence-electron chi connectivity index (χ2n) is 31.7. The van der Waals surface area contributed by atoms with Gasteiger partial charge in [-0.15, -0.1) is 0 Å². The number of nitrogens with two attached hydrogens (primary N) is 5. The molecule has 0 bridgehead atoms. The number of aliphatic hydroxyl groups is 7. The van der Waals surface area contributed by atoms with Crippen LogP contribution in [0.15, 0.2) is 118 Å². The van der Waals surface area contributed by atoms with Crippen molar-refractivity contribution in [2.24, 2.45) is 0 Å². The number of ether oxygens (including phenoxy) is 7. The number of hydrogen-bond donors (Lipinski definition) is 19. The Morgan fingerprint density at radius 1 is 0.500 bits per heavy atom. The minimum Gasteiger partial charge on any atom is -0.497 e. The molecule has 138 heavy (non-hydrogen) atoms. The number of hydrogen-bond acceptors (Lipinski definition) is 50. The molecule has 1 aromatic carbocycles. The molecule has 8 aromatic heterocycles. The van der Waals surface area contributed by atoms with Crippen LogP contribution in [0.5, 0.6) is 5.75 Å². The van der Waals surface area contributed by atoms with Gasteiger partial charge in [-0.25, -0.2) is 67.3 Å². The van der Waals surface area contributed by atoms with E-state index < -0.39 is 278 Å². The Bertz CT molecular complexity index is 6480. The lowest BCUT2D eigenvalue weighted by atomic mass is 10.0. The zero-order valence-electron chi connectivity index (χ0n) is 71.6. The molecular weight excluding hydrogens is 1970 g/mol. The lowest BCUT2D eigenvalue weighted by Crippen LogP contribution is -2.54. The average molecular weight is 2060 g/mol. The van der Waals surface area contributed by atoms with Crippen LogP contribution in [-0.4, -0.2) is 326 Å². The van der Waals surface area contributed by atoms with E-state index in [1.54, 1.807) is 19.0 Å². The van der Waals surface area contributed by atoms with Gasteiger partial charge in [0.1, 0.15) is 158 Å². The number of methoxy groups -OCH3 is 1. The number of imidazole rings is 2. The maximum absolute atomic E-state index is 15.9. The van der Waals surface area contributed by atoms with Crippen molar-refractivity contribution in [2.45, 2.75) is 160 Å². The maximum atomic E-state index is 15.9. The van der Waals surface area contributed by atoms with E-state index in [-0.39, 0.29) is 62.8 Å². The third kappa shape index (κ3) is 22.6. The Kier molecular flexibility index (Phi) is 30.8. The summed E-state index contributed by atoms with van der Waals surface area (Å²) < 4.78 is 154. The smallest absolute Gasteiger partial charge is 0.472 e. The summed E-state index contributed by atoms with van der Waals surface area (Å²) in [4.78, 5) is 169. The van der Waals surface area contributed by atoms with E-state index in [9.17, 15) is 103 Å². The fraction of sp³-hybridized carbons (Fsp3) is 0.514. The van der Waals surface area contributed by atoms with E-state index in [2.05, 4.69) is 60.2 Å². The first kappa shape index (κ1) is 102. The molecule has 62 nitrogen and oxygen atoms in total. The Morgan fingerprint density at radius 3 is 1.30 bits per heavy atom. The van der Waals surface area contributed by atoms with Gasteiger partial charge in [-0.3, -0.25) is 78.3 Å². The molecule has 0 radical (unpaired) electrons. The Hall–Kier alpha value is -10.1. The molecule has 1 amide bonds. The Morgan fingerprint density at radius 2 is 0.884 bits per heavy atom. The first-order valence-electron chi connectivity index (χ1n) is 40.9. The fourth-order valence-corrected chi connectivity index (χ4v) is 22.7. The summed E-state index contributed by atoms with van der Waals surface area (Å²) in [5.41, 5.74) is 24.9. The van der Waals surface area contributed by atoms with Gasteiger partial charge in [0.2, 0.25) is 5.91 Å². The zero-order valence-corrected chi connectivity index (χ0v) is 76.9. The zero-order chi connectivity index (χ0) is 99.3. The van der Waals surface area contributed by atoms with E-state index in [1.807, 2.05) is 0 Å². The third-order valence-electron chi connectivity index (χ3n) is 22.2. The number of aliphatic carboxylic acids is 1. The van der Waals surface area contributed by atoms with Gasteiger partial charge in [-0.05, 0) is 60.2 Å². The summed E-state index contributed by atoms with van der Waals surface area (Å²) in [6.07, 6.45) is -40.2. The van der Waals surface area contributed by atoms with E-state index >= 15 is 4.79 Å². The van der Waals surface area contributed by atoms with Crippen molar-refractivity contribution in [1.82, 2.24) is 87.6 Å². The second kappa shape index (κ2) is 41.6. The molecule has 15 rings (SSSR count). The van der Waals surface area contributed by atoms with Crippen molar-refractivity contribution in [3.8, 4) is 5.75 Å². The van der Waals surface area contributed by atoms with Crippen molar-refractivity contribution >= 4 is 119 Å². The number of aliphatic hydroxyl groups excluding tert-OH is 7. The number of nitrogens with zero attached hydrogens (tertiary/aromatic N) is 17. The number of anilines is 6. The lowest BCUT2D eigenvalue weighted by molar-refractivity contribution is -0.134. The summed E-state index contributed by atoms with van der Waals surface area (Å²) in [5, 5.41) is 96.2. The largest absolute Gasteiger partial charge is 0.497 e. The number of nitrogens with one attached hydrogen (secondary N) is 2. The number of aromatic nitrogens is 16. The lowest BCUT2D eigenvalue weighted by Gasteiger charge is -2.32. The van der Waals surface area contributed by atoms with Gasteiger partial charge in [-0.1, -0.05) is 12.1 Å². The molecule has 14 heterocycles. The number of fused-ring (bicyclic) bond motifs is 2. The van der Waals surface area contributed by atoms with Crippen LogP contribution in [0.1, 0.15) is 49.4 Å². The quantitative estimate of drug-likeness (QED) is 0.0159. The number of phosphoric acid groups is 4. The molecule has 24 N–H and O–H groups in total. The summed E-state index contributed by atoms with van der Waals surface area (Å²) in [7, 11) is -18.4. The molecular formula is C70H91N24O38P5S. The van der Waals surface area contributed by atoms with Gasteiger partial charge in [-0.2, -0.15) is 19.9 Å². The van der Waals surface area contributed by atoms with Gasteiger partial charge < -0.3 is 137 Å². The SMILES string of the molecule is COc1ccc(C[C@H](N[P@](=S)(CC(=O)O)O[C@H]2C[C@H](n3cnc4c(N)ncnc43)O[C@@H]2COP(=O)(O)O[C@H]2[C@@H](O)[C@H](n3ccc(N)nc3=O)O[C@@H]2COP(=O)(O)O[C@H]2[C@@H](O)[C@H](n3ccc(N)nc3=O)O[C@@H]2CO)C(=O)N[C@H]2[C@@H](O)[C@H](n3cnc4c(N(C)C)ncnc43)O[C@@H]2COP(=O)(O)O[C@H]2[C@@H](O)[C@H](n3ccc(N)nc3=O)O[C@@H]2COP(=O)(O)O[C@H]2[C@@H](O)[C@H](n3ccc(N)nc3=O)O[C@@H]2CO)cc1. The molecule has 4 unspecified atom stereocenters. The van der Waals surface area contributed by atoms with E-state index in [4.69, 9.17) is 114 Å². The molecule has 6 saturated heterocycles. The second-order valence-corrected chi connectivity index (χ2v) is 41.2. The van der Waals surface area contributed by atoms with Crippen molar-refractivity contribution in [3.05, 3.63) is 146 Å². The Labute approximate surface area is 777 Å². The first-order chi connectivity index (χ1) is 65.3. The van der Waals surface area contributed by atoms with Gasteiger partial charge >= 0.3 is 60.0 Å². The highest BCUT2D eigenvalue weighted by Crippen LogP contribution is 2.57. The predicted octanol–water partition coefficient (Wildman–Crippen LogP) is -6.28. The minimum atomic E-state index is -5.89. The van der Waals surface area contributed by atoms with Crippen molar-refractivity contribution in [3.63, 3.8) is 0 Å². The number of nitrogen functional groups attached to an aromatic ring is 5. The van der Waals surface area contributed by atoms with Gasteiger partial charge in [0, 0.05) is 45.3 Å². The van der Waals surface area contributed by atoms with E-state index in [1.165, 1.54) is 53.2 Å². The number of carboxylic acids is 1. The van der Waals surface area contributed by atoms with Crippen LogP contribution >= 0.6 is 37.7 Å². The van der Waals surface area contributed by atoms with Crippen LogP contribution < -0.4 is 71.5 Å². The average Bonchev–Trinajstić information content (AvgIpc) is 1.62. The molecule has 6 aliphatic rings. The molecule has 750 valence electrons. The molecule has 9 aromatic rings. The summed E-state index contributed by atoms with van der Waals surface area (Å²) in [6.45, 7) is -6.93. The Balaban J connectivity index is 0.701. The predicted molar refractivity (Wildman–Crippen MR) is 463 cm³/mol. The molecule has 6 fully saturated rings. The minimum absolute atomic E-state index is 0.00340. The topological polar surface area (TPSA) is 877 Å². The van der Waals surface area contributed by atoms with Crippen molar-refractivity contribution in [2.75, 3.05) is 101 Å². The van der Waals surface area contributed by atoms with Crippen LogP contribution in [0.2, 0.25) is 0 Å². The van der Waals surface area contributed by atoms with Crippen LogP contribution in [0, 0.1) is 0 Å². The summed E-state index contributed by atoms with van der Waals surface area (Å²) >= 11 is 6.23. The highest BCUT2D eigenvalue weighted by atomic mass is 32.4. The molecule has 0 saturated carbocycles. The summed E-state index contributed by atoms with van der Waals surface area (Å²) in [6, 6.07) is 6.71. The highest BCUT2D eigenvalue weighted by molar-refractivity contribution is 8.11. The van der Waals surface area contributed by atoms with Crippen molar-refractivity contribution < 1.29 is 162 Å². The third-order valence-corrected chi connectivity index (χ3v) is 29.1. The number of benzene rings is 1. The van der Waals surface area contributed by atoms with Crippen LogP contribution in [0.25, 0.3) is 22.3 Å². The number of amides is 1. The molecule has 6 aliphatic heterocycles. The fourth-order valence-electron chi connectivity index (χ4n) is 15.8. The van der Waals surface area contributed by atoms with Gasteiger partial charge in [0.25, 0.3) is 0 Å². The molecule has 0 aliphatic carbocycles. The van der Waals surface area contributed by atoms with Crippen LogP contribution in [0.4, 0.5) is 34.9 Å². The number of rotatable bonds is 40. The van der Waals surface area contributed by atoms with Gasteiger partial charge in [0.15, 0.2) is 59.6 Å². The maximum Gasteiger partial charge on any atom is 0.472 e. The van der Waals surface area contributed by atoms with Crippen LogP contribution in [-0.2, 0) is 115 Å². The van der Waals surface area contributed by atoms with E-state index in [0.29, 0.717) is 14.9 Å². The number of carboxylic acid groups (broad SMARTS) is 1. The molecule has 68 heteroatoms. The van der Waals surface area contributed by atoms with E-state index in [0.717, 1.165) is 70.8 Å². The van der Waals surface area contributed by atoms with Crippen LogP contribution in [0.3, 0.4) is 0 Å². The normalized spacial score (nSPS) is 30.1. The number of carbonyl (C=O) groups excluding carboxylic acids is 1. The monoisotopic (exact) mass is 2060 g/mol. The summed E-state index contributed by atoms with van der Waals surface area (Å²) in [5.74, 6) is -3.51. The number of phosphoric ester groups is 4. The standard InChI is InChI=1S/C70H91N24O38P5S/c1-88(2)58-47-60(79-26-77-58)94(28-81-47)62-48(99)45(36(125-62)21-119-135(111,112)132-56-38(127-66(52(56)103)92-15-11-42(74)85-70(92)108)23-121-137(115,116)130-54-34(19-96)124-64(50(54)101)90-13-9-40(72)83-68(90)106)86-61(104)31(16-29-4-6-30(117-3)7-5-29)87-133(138,24-44(97)98)128-32-17-43(93-27-80-46-57(75)76-25-78-59(46)93)122-35(32)20-118-134(109,110)131-55-37(126-65(51(55)102)91-14-10-41(73)84-69(91)107)22-120-136(113,114)129-53-33(18-95)123-63(49(53)100)89-12-8-39(71)82-67(89)105/h4-15,25-28,31-38,43,45,48-56,62-66,95-96,99-103H,16-24H2,1-3H3,(H,86,104)(H,87,138)(H,97,98)(H,109,110)(H,111,112)(H,113,114)(H,115,116)(H2,71,82,105)(H2,72,83,106)(H2,73,84,107)(H2,74,85,108)(H2,75,76,78)/t31-,32-,33+,34+,35+,36+,37+,38+,43+,45+,48+,49+,50+,51+,52+,53+,54+,55+,56+,62+,63+,64+,65+,66+,133+/m0/s1. The molecule has 0 spiro atoms. The first-order valence-corrected chi connectivity index (χ1v) is 49.8. The van der Waals surface area contributed by atoms with Gasteiger partial charge in [0.05, 0.1) is 77.6 Å². The van der Waals surface area contributed by atoms with Crippen molar-refractivity contribution in [1.29, 1.82) is 0 Å². The molecule has 29 atom stereocenters.